The van der Waals surface area contributed by atoms with Crippen LogP contribution in [0.25, 0.3) is 16.9 Å². The van der Waals surface area contributed by atoms with Crippen LogP contribution >= 0.6 is 0 Å². The van der Waals surface area contributed by atoms with Gasteiger partial charge in [0.25, 0.3) is 5.56 Å². The lowest BCUT2D eigenvalue weighted by molar-refractivity contribution is 0.261. The number of nitrogens with one attached hydrogen (secondary N) is 1. The maximum atomic E-state index is 12.5. The Kier molecular flexibility index (Phi) is 4.13. The first-order valence-corrected chi connectivity index (χ1v) is 9.35. The molecule has 0 amide bonds. The van der Waals surface area contributed by atoms with Gasteiger partial charge in [-0.3, -0.25) is 4.79 Å². The number of allylic oxidation sites excluding steroid dienone is 2. The summed E-state index contributed by atoms with van der Waals surface area (Å²) in [5.74, 6) is 2.05. The third kappa shape index (κ3) is 3.27. The standard InChI is InChI=1S/C21H25N5O/c1-21(2,3)15-8-4-14(5-9-15)19-23-12-17-20(27)24-18(25-26(17)19)13-6-10-16(22)11-7-13/h4,6-8,10-12,14-15H,5,9,22H2,1-3H3,(H,24,25,27). The molecule has 2 unspecified atom stereocenters. The van der Waals surface area contributed by atoms with E-state index >= 15 is 0 Å². The van der Waals surface area contributed by atoms with Gasteiger partial charge in [0.15, 0.2) is 11.3 Å². The summed E-state index contributed by atoms with van der Waals surface area (Å²) < 4.78 is 1.69. The van der Waals surface area contributed by atoms with Gasteiger partial charge in [0, 0.05) is 17.2 Å². The number of anilines is 1. The lowest BCUT2D eigenvalue weighted by atomic mass is 9.73. The number of hydrogen-bond donors (Lipinski definition) is 2. The molecule has 0 bridgehead atoms. The van der Waals surface area contributed by atoms with E-state index in [1.165, 1.54) is 0 Å². The molecule has 0 saturated heterocycles. The average molecular weight is 363 g/mol. The van der Waals surface area contributed by atoms with Crippen LogP contribution in [0, 0.1) is 11.3 Å². The molecule has 0 aliphatic heterocycles. The van der Waals surface area contributed by atoms with Crippen LogP contribution in [0.15, 0.2) is 47.4 Å². The third-order valence-corrected chi connectivity index (χ3v) is 5.42. The van der Waals surface area contributed by atoms with Crippen LogP contribution in [-0.4, -0.2) is 19.6 Å². The molecule has 2 heterocycles. The van der Waals surface area contributed by atoms with Gasteiger partial charge in [-0.05, 0) is 48.4 Å². The normalized spacial score (nSPS) is 20.3. The lowest BCUT2D eigenvalue weighted by Gasteiger charge is -2.32. The molecule has 140 valence electrons. The van der Waals surface area contributed by atoms with E-state index in [0.717, 1.165) is 24.2 Å². The van der Waals surface area contributed by atoms with Crippen LogP contribution in [0.2, 0.25) is 0 Å². The minimum atomic E-state index is -0.192. The van der Waals surface area contributed by atoms with Gasteiger partial charge >= 0.3 is 0 Å². The van der Waals surface area contributed by atoms with Gasteiger partial charge in [-0.15, -0.1) is 5.10 Å². The van der Waals surface area contributed by atoms with E-state index in [4.69, 9.17) is 5.73 Å². The van der Waals surface area contributed by atoms with Crippen molar-refractivity contribution in [3.8, 4) is 11.4 Å². The monoisotopic (exact) mass is 363 g/mol. The number of rotatable bonds is 2. The summed E-state index contributed by atoms with van der Waals surface area (Å²) in [6, 6.07) is 7.30. The second kappa shape index (κ2) is 6.37. The smallest absolute Gasteiger partial charge is 0.277 e. The molecule has 1 aromatic carbocycles. The van der Waals surface area contributed by atoms with Gasteiger partial charge in [0.1, 0.15) is 5.82 Å². The number of H-pyrrole nitrogens is 1. The molecule has 6 heteroatoms. The number of aromatic nitrogens is 4. The Labute approximate surface area is 158 Å². The zero-order valence-corrected chi connectivity index (χ0v) is 15.9. The number of benzene rings is 1. The van der Waals surface area contributed by atoms with Crippen molar-refractivity contribution in [2.24, 2.45) is 11.3 Å². The number of imidazole rings is 1. The number of nitrogen functional groups attached to an aromatic ring is 1. The largest absolute Gasteiger partial charge is 0.399 e. The molecule has 27 heavy (non-hydrogen) atoms. The van der Waals surface area contributed by atoms with Crippen molar-refractivity contribution in [1.82, 2.24) is 19.6 Å². The fraction of sp³-hybridized carbons (Fsp3) is 0.381. The molecular weight excluding hydrogens is 338 g/mol. The second-order valence-electron chi connectivity index (χ2n) is 8.38. The first-order chi connectivity index (χ1) is 12.8. The summed E-state index contributed by atoms with van der Waals surface area (Å²) in [6.07, 6.45) is 8.23. The van der Waals surface area contributed by atoms with E-state index in [2.05, 4.69) is 48.0 Å². The Morgan fingerprint density at radius 3 is 2.52 bits per heavy atom. The highest BCUT2D eigenvalue weighted by Gasteiger charge is 2.28. The first kappa shape index (κ1) is 17.5. The minimum Gasteiger partial charge on any atom is -0.399 e. The number of hydrogen-bond acceptors (Lipinski definition) is 4. The molecule has 0 fully saturated rings. The molecule has 1 aliphatic carbocycles. The highest BCUT2D eigenvalue weighted by Crippen LogP contribution is 2.38. The number of nitrogens with two attached hydrogens (primary N) is 1. The van der Waals surface area contributed by atoms with E-state index in [1.54, 1.807) is 22.8 Å². The average Bonchev–Trinajstić information content (AvgIpc) is 3.06. The molecule has 3 aromatic rings. The lowest BCUT2D eigenvalue weighted by Crippen LogP contribution is -2.22. The van der Waals surface area contributed by atoms with Crippen molar-refractivity contribution in [3.05, 3.63) is 58.8 Å². The molecule has 3 N–H and O–H groups in total. The zero-order chi connectivity index (χ0) is 19.2. The minimum absolute atomic E-state index is 0.166. The fourth-order valence-electron chi connectivity index (χ4n) is 3.70. The van der Waals surface area contributed by atoms with Crippen molar-refractivity contribution in [1.29, 1.82) is 0 Å². The Morgan fingerprint density at radius 2 is 1.89 bits per heavy atom. The van der Waals surface area contributed by atoms with E-state index in [1.807, 2.05) is 12.1 Å². The predicted molar refractivity (Wildman–Crippen MR) is 108 cm³/mol. The van der Waals surface area contributed by atoms with Crippen molar-refractivity contribution < 1.29 is 0 Å². The summed E-state index contributed by atoms with van der Waals surface area (Å²) in [7, 11) is 0. The zero-order valence-electron chi connectivity index (χ0n) is 15.9. The van der Waals surface area contributed by atoms with Crippen molar-refractivity contribution in [2.75, 3.05) is 5.73 Å². The van der Waals surface area contributed by atoms with Crippen molar-refractivity contribution in [2.45, 2.75) is 39.5 Å². The Balaban J connectivity index is 1.75. The van der Waals surface area contributed by atoms with Gasteiger partial charge < -0.3 is 10.7 Å². The molecule has 2 aromatic heterocycles. The third-order valence-electron chi connectivity index (χ3n) is 5.42. The summed E-state index contributed by atoms with van der Waals surface area (Å²) in [5.41, 5.74) is 7.78. The number of fused-ring (bicyclic) bond motifs is 1. The SMILES string of the molecule is CC(C)(C)C1C=CC(c2ncc3c(=O)[nH]c(-c4ccc(N)cc4)nn23)CC1. The van der Waals surface area contributed by atoms with Crippen LogP contribution in [0.1, 0.15) is 45.4 Å². The summed E-state index contributed by atoms with van der Waals surface area (Å²) in [5, 5.41) is 4.66. The topological polar surface area (TPSA) is 89.1 Å². The molecule has 1 aliphatic rings. The van der Waals surface area contributed by atoms with Crippen molar-refractivity contribution >= 4 is 11.2 Å². The highest BCUT2D eigenvalue weighted by atomic mass is 16.1. The van der Waals surface area contributed by atoms with E-state index in [9.17, 15) is 4.79 Å². The molecule has 2 atom stereocenters. The van der Waals surface area contributed by atoms with Crippen LogP contribution in [0.4, 0.5) is 5.69 Å². The number of nitrogens with zero attached hydrogens (tertiary/aromatic N) is 3. The second-order valence-corrected chi connectivity index (χ2v) is 8.38. The predicted octanol–water partition coefficient (Wildman–Crippen LogP) is 3.76. The maximum Gasteiger partial charge on any atom is 0.277 e. The quantitative estimate of drug-likeness (QED) is 0.536. The van der Waals surface area contributed by atoms with Crippen LogP contribution < -0.4 is 11.3 Å². The van der Waals surface area contributed by atoms with Crippen LogP contribution in [0.3, 0.4) is 0 Å². The van der Waals surface area contributed by atoms with E-state index < -0.39 is 0 Å². The molecule has 0 radical (unpaired) electrons. The molecule has 0 saturated carbocycles. The van der Waals surface area contributed by atoms with Crippen molar-refractivity contribution in [3.63, 3.8) is 0 Å². The first-order valence-electron chi connectivity index (χ1n) is 9.35. The maximum absolute atomic E-state index is 12.5. The molecule has 4 rings (SSSR count). The van der Waals surface area contributed by atoms with Gasteiger partial charge in [0.2, 0.25) is 0 Å². The van der Waals surface area contributed by atoms with Crippen LogP contribution in [-0.2, 0) is 0 Å². The number of aromatic amines is 1. The van der Waals surface area contributed by atoms with E-state index in [0.29, 0.717) is 22.9 Å². The van der Waals surface area contributed by atoms with E-state index in [-0.39, 0.29) is 16.9 Å². The Morgan fingerprint density at radius 1 is 1.15 bits per heavy atom. The highest BCUT2D eigenvalue weighted by molar-refractivity contribution is 5.59. The molecular formula is C21H25N5O. The molecule has 0 spiro atoms. The summed E-state index contributed by atoms with van der Waals surface area (Å²) in [6.45, 7) is 6.81. The Bertz CT molecular complexity index is 1050. The fourth-order valence-corrected chi connectivity index (χ4v) is 3.70. The van der Waals surface area contributed by atoms with Gasteiger partial charge in [-0.25, -0.2) is 9.50 Å². The Hall–Kier alpha value is -2.89. The molecule has 6 nitrogen and oxygen atoms in total. The van der Waals surface area contributed by atoms with Gasteiger partial charge in [0.05, 0.1) is 6.20 Å². The summed E-state index contributed by atoms with van der Waals surface area (Å²) in [4.78, 5) is 19.9. The van der Waals surface area contributed by atoms with Gasteiger partial charge in [-0.1, -0.05) is 32.9 Å². The summed E-state index contributed by atoms with van der Waals surface area (Å²) >= 11 is 0. The van der Waals surface area contributed by atoms with Crippen LogP contribution in [0.5, 0.6) is 0 Å². The van der Waals surface area contributed by atoms with Gasteiger partial charge in [-0.2, -0.15) is 0 Å².